The van der Waals surface area contributed by atoms with Crippen LogP contribution in [0, 0.1) is 0 Å². The Bertz CT molecular complexity index is 490. The number of aromatic carboxylic acids is 1. The first kappa shape index (κ1) is 14.0. The molecule has 0 spiro atoms. The Morgan fingerprint density at radius 1 is 1.37 bits per heavy atom. The van der Waals surface area contributed by atoms with Crippen molar-refractivity contribution in [3.63, 3.8) is 0 Å². The molecule has 1 fully saturated rings. The molecule has 0 bridgehead atoms. The normalized spacial score (nSPS) is 24.5. The molecule has 1 aromatic rings. The summed E-state index contributed by atoms with van der Waals surface area (Å²) in [6.07, 6.45) is 0. The van der Waals surface area contributed by atoms with Crippen LogP contribution >= 0.6 is 11.3 Å². The molecule has 0 aliphatic carbocycles. The monoisotopic (exact) mass is 283 g/mol. The number of carboxylic acid groups (broad SMARTS) is 1. The SMILES string of the molecule is CC1CN(C(=O)c2nc(C(=O)O)cs2)CC(C)N1C. The third kappa shape index (κ3) is 2.76. The van der Waals surface area contributed by atoms with Gasteiger partial charge in [0, 0.05) is 30.6 Å². The minimum atomic E-state index is -1.10. The van der Waals surface area contributed by atoms with Gasteiger partial charge < -0.3 is 10.0 Å². The van der Waals surface area contributed by atoms with Gasteiger partial charge in [-0.05, 0) is 20.9 Å². The van der Waals surface area contributed by atoms with Gasteiger partial charge in [-0.15, -0.1) is 11.3 Å². The minimum absolute atomic E-state index is 0.0661. The van der Waals surface area contributed by atoms with Gasteiger partial charge in [0.1, 0.15) is 0 Å². The van der Waals surface area contributed by atoms with Crippen molar-refractivity contribution in [2.45, 2.75) is 25.9 Å². The van der Waals surface area contributed by atoms with Crippen LogP contribution in [-0.2, 0) is 0 Å². The average Bonchev–Trinajstić information content (AvgIpc) is 2.84. The van der Waals surface area contributed by atoms with E-state index in [1.807, 2.05) is 7.05 Å². The fraction of sp³-hybridized carbons (Fsp3) is 0.583. The van der Waals surface area contributed by atoms with Crippen LogP contribution in [-0.4, -0.2) is 64.0 Å². The number of amides is 1. The van der Waals surface area contributed by atoms with Crippen LogP contribution in [0.4, 0.5) is 0 Å². The van der Waals surface area contributed by atoms with Gasteiger partial charge >= 0.3 is 5.97 Å². The number of carboxylic acids is 1. The maximum atomic E-state index is 12.3. The van der Waals surface area contributed by atoms with E-state index in [0.29, 0.717) is 13.1 Å². The highest BCUT2D eigenvalue weighted by atomic mass is 32.1. The van der Waals surface area contributed by atoms with E-state index in [1.54, 1.807) is 4.90 Å². The molecule has 104 valence electrons. The van der Waals surface area contributed by atoms with Gasteiger partial charge in [-0.25, -0.2) is 9.78 Å². The Morgan fingerprint density at radius 2 is 1.95 bits per heavy atom. The zero-order chi connectivity index (χ0) is 14.2. The van der Waals surface area contributed by atoms with Crippen molar-refractivity contribution in [2.24, 2.45) is 0 Å². The molecule has 2 unspecified atom stereocenters. The first-order chi connectivity index (χ1) is 8.90. The standard InChI is InChI=1S/C12H17N3O3S/c1-7-4-15(5-8(2)14(7)3)11(16)10-13-9(6-19-10)12(17)18/h6-8H,4-5H2,1-3H3,(H,17,18). The summed E-state index contributed by atoms with van der Waals surface area (Å²) in [5, 5.41) is 10.5. The fourth-order valence-electron chi connectivity index (χ4n) is 2.18. The molecule has 1 aliphatic heterocycles. The molecule has 19 heavy (non-hydrogen) atoms. The van der Waals surface area contributed by atoms with Crippen molar-refractivity contribution in [3.05, 3.63) is 16.1 Å². The van der Waals surface area contributed by atoms with Gasteiger partial charge in [-0.3, -0.25) is 9.69 Å². The molecule has 1 N–H and O–H groups in total. The summed E-state index contributed by atoms with van der Waals surface area (Å²) in [6.45, 7) is 5.42. The third-order valence-electron chi connectivity index (χ3n) is 3.55. The molecule has 6 nitrogen and oxygen atoms in total. The van der Waals surface area contributed by atoms with Crippen molar-refractivity contribution in [1.82, 2.24) is 14.8 Å². The van der Waals surface area contributed by atoms with Crippen LogP contribution in [0.5, 0.6) is 0 Å². The fourth-order valence-corrected chi connectivity index (χ4v) is 2.93. The minimum Gasteiger partial charge on any atom is -0.476 e. The lowest BCUT2D eigenvalue weighted by Gasteiger charge is -2.42. The highest BCUT2D eigenvalue weighted by molar-refractivity contribution is 7.11. The van der Waals surface area contributed by atoms with E-state index in [-0.39, 0.29) is 28.7 Å². The molecule has 1 aliphatic rings. The summed E-state index contributed by atoms with van der Waals surface area (Å²) >= 11 is 1.09. The summed E-state index contributed by atoms with van der Waals surface area (Å²) < 4.78 is 0. The summed E-state index contributed by atoms with van der Waals surface area (Å²) in [7, 11) is 2.04. The Balaban J connectivity index is 2.13. The number of aromatic nitrogens is 1. The average molecular weight is 283 g/mol. The molecule has 1 aromatic heterocycles. The maximum Gasteiger partial charge on any atom is 0.355 e. The largest absolute Gasteiger partial charge is 0.476 e. The van der Waals surface area contributed by atoms with E-state index in [4.69, 9.17) is 5.11 Å². The zero-order valence-electron chi connectivity index (χ0n) is 11.2. The summed E-state index contributed by atoms with van der Waals surface area (Å²) in [5.41, 5.74) is -0.0661. The molecule has 2 rings (SSSR count). The molecule has 2 atom stereocenters. The summed E-state index contributed by atoms with van der Waals surface area (Å²) in [6, 6.07) is 0.568. The van der Waals surface area contributed by atoms with Gasteiger partial charge in [0.2, 0.25) is 0 Å². The second kappa shape index (κ2) is 5.26. The number of piperazine rings is 1. The van der Waals surface area contributed by atoms with Crippen molar-refractivity contribution in [1.29, 1.82) is 0 Å². The Kier molecular flexibility index (Phi) is 3.86. The molecule has 1 saturated heterocycles. The van der Waals surface area contributed by atoms with Gasteiger partial charge in [0.25, 0.3) is 5.91 Å². The zero-order valence-corrected chi connectivity index (χ0v) is 12.0. The van der Waals surface area contributed by atoms with Crippen LogP contribution in [0.3, 0.4) is 0 Å². The molecule has 2 heterocycles. The van der Waals surface area contributed by atoms with E-state index in [0.717, 1.165) is 11.3 Å². The number of thiazole rings is 1. The van der Waals surface area contributed by atoms with Gasteiger partial charge in [0.05, 0.1) is 0 Å². The quantitative estimate of drug-likeness (QED) is 0.876. The second-order valence-electron chi connectivity index (χ2n) is 4.92. The van der Waals surface area contributed by atoms with E-state index in [9.17, 15) is 9.59 Å². The maximum absolute atomic E-state index is 12.3. The van der Waals surface area contributed by atoms with Crippen LogP contribution in [0.1, 0.15) is 34.1 Å². The lowest BCUT2D eigenvalue weighted by molar-refractivity contribution is 0.0414. The highest BCUT2D eigenvalue weighted by Gasteiger charge is 2.31. The number of hydrogen-bond donors (Lipinski definition) is 1. The van der Waals surface area contributed by atoms with E-state index >= 15 is 0 Å². The van der Waals surface area contributed by atoms with E-state index in [2.05, 4.69) is 23.7 Å². The number of carbonyl (C=O) groups excluding carboxylic acids is 1. The Morgan fingerprint density at radius 3 is 2.42 bits per heavy atom. The van der Waals surface area contributed by atoms with E-state index < -0.39 is 5.97 Å². The Labute approximate surface area is 115 Å². The number of likely N-dealkylation sites (N-methyl/N-ethyl adjacent to an activating group) is 1. The van der Waals surface area contributed by atoms with Gasteiger partial charge in [-0.2, -0.15) is 0 Å². The molecule has 0 radical (unpaired) electrons. The summed E-state index contributed by atoms with van der Waals surface area (Å²) in [4.78, 5) is 30.9. The molecule has 7 heteroatoms. The Hall–Kier alpha value is -1.47. The molecule has 1 amide bonds. The van der Waals surface area contributed by atoms with Crippen LogP contribution in [0.25, 0.3) is 0 Å². The molecular formula is C12H17N3O3S. The third-order valence-corrected chi connectivity index (χ3v) is 4.38. The topological polar surface area (TPSA) is 73.7 Å². The van der Waals surface area contributed by atoms with Crippen molar-refractivity contribution in [2.75, 3.05) is 20.1 Å². The van der Waals surface area contributed by atoms with E-state index in [1.165, 1.54) is 5.38 Å². The second-order valence-corrected chi connectivity index (χ2v) is 5.77. The summed E-state index contributed by atoms with van der Waals surface area (Å²) in [5.74, 6) is -1.28. The molecule has 0 saturated carbocycles. The van der Waals surface area contributed by atoms with Crippen molar-refractivity contribution in [3.8, 4) is 0 Å². The highest BCUT2D eigenvalue weighted by Crippen LogP contribution is 2.18. The number of hydrogen-bond acceptors (Lipinski definition) is 5. The van der Waals surface area contributed by atoms with Crippen LogP contribution in [0.15, 0.2) is 5.38 Å². The number of rotatable bonds is 2. The first-order valence-electron chi connectivity index (χ1n) is 6.10. The van der Waals surface area contributed by atoms with Crippen LogP contribution in [0.2, 0.25) is 0 Å². The van der Waals surface area contributed by atoms with Crippen molar-refractivity contribution < 1.29 is 14.7 Å². The lowest BCUT2D eigenvalue weighted by Crippen LogP contribution is -2.56. The number of nitrogens with zero attached hydrogens (tertiary/aromatic N) is 3. The molecular weight excluding hydrogens is 266 g/mol. The predicted molar refractivity (Wildman–Crippen MR) is 71.7 cm³/mol. The smallest absolute Gasteiger partial charge is 0.355 e. The van der Waals surface area contributed by atoms with Gasteiger partial charge in [0.15, 0.2) is 10.7 Å². The van der Waals surface area contributed by atoms with Gasteiger partial charge in [-0.1, -0.05) is 0 Å². The number of carbonyl (C=O) groups is 2. The lowest BCUT2D eigenvalue weighted by atomic mass is 10.1. The molecule has 0 aromatic carbocycles. The van der Waals surface area contributed by atoms with Crippen molar-refractivity contribution >= 4 is 23.2 Å². The predicted octanol–water partition coefficient (Wildman–Crippen LogP) is 1.01. The van der Waals surface area contributed by atoms with Crippen LogP contribution < -0.4 is 0 Å². The first-order valence-corrected chi connectivity index (χ1v) is 6.98.